The van der Waals surface area contributed by atoms with Gasteiger partial charge in [-0.3, -0.25) is 19.3 Å². The van der Waals surface area contributed by atoms with Crippen LogP contribution in [0.5, 0.6) is 5.88 Å². The number of ether oxygens (including phenoxy) is 1. The number of halogens is 3. The number of primary amides is 1. The number of likely N-dealkylation sites (N-methyl/N-ethyl adjacent to an activating group) is 1. The number of carbonyl (C=O) groups is 3. The summed E-state index contributed by atoms with van der Waals surface area (Å²) >= 11 is 0. The van der Waals surface area contributed by atoms with Gasteiger partial charge in [0.2, 0.25) is 18.2 Å². The van der Waals surface area contributed by atoms with E-state index in [4.69, 9.17) is 10.5 Å². The van der Waals surface area contributed by atoms with Crippen LogP contribution in [0.25, 0.3) is 0 Å². The molecule has 2 aliphatic rings. The lowest BCUT2D eigenvalue weighted by Gasteiger charge is -2.58. The highest BCUT2D eigenvalue weighted by Gasteiger charge is 2.56. The summed E-state index contributed by atoms with van der Waals surface area (Å²) in [4.78, 5) is 40.6. The van der Waals surface area contributed by atoms with Crippen molar-refractivity contribution in [1.82, 2.24) is 15.2 Å². The van der Waals surface area contributed by atoms with Crippen LogP contribution in [0.4, 0.5) is 13.2 Å². The Morgan fingerprint density at radius 1 is 1.39 bits per heavy atom. The van der Waals surface area contributed by atoms with E-state index >= 15 is 0 Å². The second-order valence-corrected chi connectivity index (χ2v) is 8.28. The molecule has 0 bridgehead atoms. The molecule has 31 heavy (non-hydrogen) atoms. The highest BCUT2D eigenvalue weighted by Crippen LogP contribution is 2.58. The molecule has 3 N–H and O–H groups in total. The fourth-order valence-corrected chi connectivity index (χ4v) is 4.49. The maximum Gasteiger partial charge on any atom is 0.389 e. The highest BCUT2D eigenvalue weighted by molar-refractivity contribution is 5.95. The Balaban J connectivity index is 1.52. The Bertz CT molecular complexity index is 834. The number of alkyl halides is 3. The lowest BCUT2D eigenvalue weighted by molar-refractivity contribution is -0.158. The SMILES string of the molecule is CNC(CCC(F)(F)F)C(=O)N(C=O)C1CC2(CC(Oc3ncccc3C(N)=O)C2)C1. The summed E-state index contributed by atoms with van der Waals surface area (Å²) in [5.41, 5.74) is 5.43. The summed E-state index contributed by atoms with van der Waals surface area (Å²) < 4.78 is 43.2. The molecule has 2 fully saturated rings. The number of pyridine rings is 1. The van der Waals surface area contributed by atoms with E-state index in [1.54, 1.807) is 6.07 Å². The van der Waals surface area contributed by atoms with Gasteiger partial charge in [0, 0.05) is 18.7 Å². The van der Waals surface area contributed by atoms with Crippen molar-refractivity contribution in [2.24, 2.45) is 11.1 Å². The Kier molecular flexibility index (Phi) is 6.54. The third kappa shape index (κ3) is 5.15. The van der Waals surface area contributed by atoms with Crippen molar-refractivity contribution in [2.45, 2.75) is 62.9 Å². The summed E-state index contributed by atoms with van der Waals surface area (Å²) in [5.74, 6) is -1.10. The topological polar surface area (TPSA) is 115 Å². The Hall–Kier alpha value is -2.69. The van der Waals surface area contributed by atoms with E-state index in [2.05, 4.69) is 10.3 Å². The molecule has 1 aromatic rings. The Morgan fingerprint density at radius 3 is 2.61 bits per heavy atom. The number of rotatable bonds is 9. The van der Waals surface area contributed by atoms with Gasteiger partial charge in [0.05, 0.1) is 6.04 Å². The first kappa shape index (κ1) is 23.0. The summed E-state index contributed by atoms with van der Waals surface area (Å²) in [5, 5.41) is 2.57. The van der Waals surface area contributed by atoms with E-state index < -0.39 is 36.9 Å². The molecular weight excluding hydrogens is 417 g/mol. The molecule has 0 saturated heterocycles. The minimum absolute atomic E-state index is 0.0837. The van der Waals surface area contributed by atoms with Crippen LogP contribution in [0.15, 0.2) is 18.3 Å². The average molecular weight is 442 g/mol. The molecule has 170 valence electrons. The predicted octanol–water partition coefficient (Wildman–Crippen LogP) is 1.79. The van der Waals surface area contributed by atoms with Gasteiger partial charge in [-0.15, -0.1) is 0 Å². The van der Waals surface area contributed by atoms with Gasteiger partial charge in [-0.1, -0.05) is 0 Å². The lowest BCUT2D eigenvalue weighted by Crippen LogP contribution is -2.61. The van der Waals surface area contributed by atoms with Crippen LogP contribution in [0.3, 0.4) is 0 Å². The molecule has 0 aliphatic heterocycles. The van der Waals surface area contributed by atoms with Crippen LogP contribution >= 0.6 is 0 Å². The number of nitrogens with two attached hydrogens (primary N) is 1. The van der Waals surface area contributed by atoms with Crippen molar-refractivity contribution in [3.05, 3.63) is 23.9 Å². The summed E-state index contributed by atoms with van der Waals surface area (Å²) in [6, 6.07) is 1.70. The number of aromatic nitrogens is 1. The number of nitrogens with zero attached hydrogens (tertiary/aromatic N) is 2. The van der Waals surface area contributed by atoms with E-state index in [1.807, 2.05) is 0 Å². The Labute approximate surface area is 177 Å². The van der Waals surface area contributed by atoms with Gasteiger partial charge >= 0.3 is 6.18 Å². The van der Waals surface area contributed by atoms with Gasteiger partial charge in [0.25, 0.3) is 5.91 Å². The van der Waals surface area contributed by atoms with Crippen LogP contribution in [0.1, 0.15) is 48.9 Å². The third-order valence-electron chi connectivity index (χ3n) is 6.10. The largest absolute Gasteiger partial charge is 0.474 e. The second kappa shape index (κ2) is 8.81. The molecule has 2 saturated carbocycles. The summed E-state index contributed by atoms with van der Waals surface area (Å²) in [6.07, 6.45) is -1.69. The molecule has 2 aliphatic carbocycles. The van der Waals surface area contributed by atoms with Gasteiger partial charge in [0.15, 0.2) is 0 Å². The zero-order valence-electron chi connectivity index (χ0n) is 17.0. The number of hydrogen-bond donors (Lipinski definition) is 2. The van der Waals surface area contributed by atoms with E-state index in [0.29, 0.717) is 32.1 Å². The zero-order valence-corrected chi connectivity index (χ0v) is 17.0. The third-order valence-corrected chi connectivity index (χ3v) is 6.10. The molecule has 1 unspecified atom stereocenters. The maximum absolute atomic E-state index is 12.6. The standard InChI is InChI=1S/C20H25F3N4O4/c1-25-15(4-5-20(21,22)23)18(30)27(11-28)12-7-19(8-12)9-13(10-19)31-17-14(16(24)29)3-2-6-26-17/h2-3,6,11-13,15,25H,4-5,7-10H2,1H3,(H2,24,29). The molecule has 0 aromatic carbocycles. The van der Waals surface area contributed by atoms with Crippen LogP contribution < -0.4 is 15.8 Å². The van der Waals surface area contributed by atoms with Crippen molar-refractivity contribution in [2.75, 3.05) is 7.05 Å². The first-order chi connectivity index (χ1) is 14.6. The van der Waals surface area contributed by atoms with Crippen molar-refractivity contribution in [3.8, 4) is 5.88 Å². The van der Waals surface area contributed by atoms with E-state index in [1.165, 1.54) is 19.3 Å². The molecule has 1 atom stereocenters. The smallest absolute Gasteiger partial charge is 0.389 e. The first-order valence-corrected chi connectivity index (χ1v) is 10.0. The van der Waals surface area contributed by atoms with Gasteiger partial charge in [-0.25, -0.2) is 4.98 Å². The summed E-state index contributed by atoms with van der Waals surface area (Å²) in [6.45, 7) is 0. The molecule has 11 heteroatoms. The molecular formula is C20H25F3N4O4. The molecule has 1 heterocycles. The van der Waals surface area contributed by atoms with Crippen LogP contribution in [-0.4, -0.2) is 59.5 Å². The van der Waals surface area contributed by atoms with Crippen molar-refractivity contribution in [1.29, 1.82) is 0 Å². The van der Waals surface area contributed by atoms with E-state index in [0.717, 1.165) is 4.90 Å². The lowest BCUT2D eigenvalue weighted by atomic mass is 9.52. The molecule has 8 nitrogen and oxygen atoms in total. The molecule has 1 aromatic heterocycles. The number of carbonyl (C=O) groups excluding carboxylic acids is 3. The number of amides is 3. The minimum Gasteiger partial charge on any atom is -0.474 e. The molecule has 3 amide bonds. The van der Waals surface area contributed by atoms with E-state index in [9.17, 15) is 27.6 Å². The number of hydrogen-bond acceptors (Lipinski definition) is 6. The minimum atomic E-state index is -4.37. The van der Waals surface area contributed by atoms with Crippen molar-refractivity contribution in [3.63, 3.8) is 0 Å². The predicted molar refractivity (Wildman–Crippen MR) is 103 cm³/mol. The fraction of sp³-hybridized carbons (Fsp3) is 0.600. The molecule has 1 spiro atoms. The van der Waals surface area contributed by atoms with Crippen LogP contribution in [0.2, 0.25) is 0 Å². The average Bonchev–Trinajstić information content (AvgIpc) is 2.64. The highest BCUT2D eigenvalue weighted by atomic mass is 19.4. The Morgan fingerprint density at radius 2 is 2.06 bits per heavy atom. The van der Waals surface area contributed by atoms with Gasteiger partial charge in [-0.05, 0) is 56.7 Å². The molecule has 3 rings (SSSR count). The van der Waals surface area contributed by atoms with Crippen molar-refractivity contribution >= 4 is 18.2 Å². The van der Waals surface area contributed by atoms with Gasteiger partial charge in [0.1, 0.15) is 11.7 Å². The zero-order chi connectivity index (χ0) is 22.8. The van der Waals surface area contributed by atoms with E-state index in [-0.39, 0.29) is 29.0 Å². The number of nitrogens with one attached hydrogen (secondary N) is 1. The van der Waals surface area contributed by atoms with Crippen LogP contribution in [-0.2, 0) is 9.59 Å². The first-order valence-electron chi connectivity index (χ1n) is 10.0. The normalized spacial score (nSPS) is 25.8. The fourth-order valence-electron chi connectivity index (χ4n) is 4.49. The maximum atomic E-state index is 12.6. The summed E-state index contributed by atoms with van der Waals surface area (Å²) in [7, 11) is 1.40. The van der Waals surface area contributed by atoms with Gasteiger partial charge in [-0.2, -0.15) is 13.2 Å². The van der Waals surface area contributed by atoms with Gasteiger partial charge < -0.3 is 15.8 Å². The van der Waals surface area contributed by atoms with Crippen molar-refractivity contribution < 1.29 is 32.3 Å². The monoisotopic (exact) mass is 442 g/mol. The number of imide groups is 1. The second-order valence-electron chi connectivity index (χ2n) is 8.28. The quantitative estimate of drug-likeness (QED) is 0.564. The van der Waals surface area contributed by atoms with Crippen LogP contribution in [0, 0.1) is 5.41 Å². The molecule has 0 radical (unpaired) electrons.